The van der Waals surface area contributed by atoms with E-state index in [4.69, 9.17) is 18.9 Å². The lowest BCUT2D eigenvalue weighted by Crippen LogP contribution is -2.51. The zero-order chi connectivity index (χ0) is 19.6. The first-order valence-electron chi connectivity index (χ1n) is 11.0. The molecule has 0 bridgehead atoms. The van der Waals surface area contributed by atoms with Crippen molar-refractivity contribution in [1.29, 1.82) is 0 Å². The topological polar surface area (TPSA) is 69.3 Å². The molecule has 6 rings (SSSR count). The van der Waals surface area contributed by atoms with Crippen LogP contribution in [0.3, 0.4) is 0 Å². The molecule has 3 heterocycles. The van der Waals surface area contributed by atoms with Crippen molar-refractivity contribution in [2.75, 3.05) is 19.9 Å². The molecule has 6 heteroatoms. The number of hydrogen-bond acceptors (Lipinski definition) is 6. The number of ether oxygens (including phenoxy) is 4. The summed E-state index contributed by atoms with van der Waals surface area (Å²) >= 11 is 0. The molecule has 2 aliphatic carbocycles. The van der Waals surface area contributed by atoms with Crippen LogP contribution in [0.15, 0.2) is 18.2 Å². The van der Waals surface area contributed by atoms with E-state index >= 15 is 0 Å². The Morgan fingerprint density at radius 2 is 2.07 bits per heavy atom. The van der Waals surface area contributed by atoms with Crippen LogP contribution in [0.5, 0.6) is 11.5 Å². The molecule has 156 valence electrons. The van der Waals surface area contributed by atoms with Gasteiger partial charge in [0.15, 0.2) is 11.5 Å². The number of hydrogen-bond donors (Lipinski definition) is 1. The lowest BCUT2D eigenvalue weighted by atomic mass is 9.53. The number of carbonyl (C=O) groups is 1. The van der Waals surface area contributed by atoms with Crippen LogP contribution in [-0.4, -0.2) is 37.6 Å². The number of benzene rings is 1. The minimum atomic E-state index is -0.0590. The molecule has 0 radical (unpaired) electrons. The Bertz CT molecular complexity index is 837. The average molecular weight is 399 g/mol. The highest BCUT2D eigenvalue weighted by Crippen LogP contribution is 2.62. The Morgan fingerprint density at radius 1 is 1.21 bits per heavy atom. The van der Waals surface area contributed by atoms with E-state index in [1.807, 2.05) is 18.2 Å². The van der Waals surface area contributed by atoms with Crippen LogP contribution in [0.2, 0.25) is 0 Å². The Labute approximate surface area is 171 Å². The monoisotopic (exact) mass is 399 g/mol. The molecule has 1 aromatic carbocycles. The quantitative estimate of drug-likeness (QED) is 0.620. The maximum Gasteiger partial charge on any atom is 0.310 e. The first-order valence-corrected chi connectivity index (χ1v) is 11.0. The fourth-order valence-corrected chi connectivity index (χ4v) is 6.61. The molecular formula is C23H29NO5. The van der Waals surface area contributed by atoms with Gasteiger partial charge < -0.3 is 24.3 Å². The van der Waals surface area contributed by atoms with Crippen LogP contribution in [-0.2, 0) is 20.8 Å². The zero-order valence-electron chi connectivity index (χ0n) is 16.9. The van der Waals surface area contributed by atoms with Crippen molar-refractivity contribution >= 4 is 5.97 Å². The summed E-state index contributed by atoms with van der Waals surface area (Å²) in [5.74, 6) is 2.38. The highest BCUT2D eigenvalue weighted by molar-refractivity contribution is 5.75. The number of fused-ring (bicyclic) bond motifs is 4. The third-order valence-electron chi connectivity index (χ3n) is 8.21. The fourth-order valence-electron chi connectivity index (χ4n) is 6.61. The van der Waals surface area contributed by atoms with Crippen LogP contribution in [0.1, 0.15) is 44.6 Å². The molecule has 3 aliphatic heterocycles. The second-order valence-electron chi connectivity index (χ2n) is 9.92. The summed E-state index contributed by atoms with van der Waals surface area (Å²) in [4.78, 5) is 12.7. The molecular weight excluding hydrogens is 370 g/mol. The molecule has 2 saturated heterocycles. The number of rotatable bonds is 4. The van der Waals surface area contributed by atoms with E-state index in [0.29, 0.717) is 24.9 Å². The van der Waals surface area contributed by atoms with E-state index in [-0.39, 0.29) is 35.8 Å². The van der Waals surface area contributed by atoms with Gasteiger partial charge in [0.25, 0.3) is 0 Å². The van der Waals surface area contributed by atoms with Gasteiger partial charge in [-0.05, 0) is 61.1 Å². The van der Waals surface area contributed by atoms with Gasteiger partial charge in [-0.1, -0.05) is 13.0 Å². The SMILES string of the molecule is C[C@]12CCC[C@]3(CO3)[C@@H]1C[C@H]1[C@@H](C2)OC(=O)[C@@H]1CNCc1ccc2c(c1)OCO2. The van der Waals surface area contributed by atoms with Crippen LogP contribution >= 0.6 is 0 Å². The lowest BCUT2D eigenvalue weighted by Gasteiger charge is -2.51. The van der Waals surface area contributed by atoms with Gasteiger partial charge in [-0.25, -0.2) is 0 Å². The fraction of sp³-hybridized carbons (Fsp3) is 0.696. The molecule has 1 spiro atoms. The number of nitrogens with one attached hydrogen (secondary N) is 1. The van der Waals surface area contributed by atoms with E-state index in [1.165, 1.54) is 19.3 Å². The first kappa shape index (κ1) is 18.0. The van der Waals surface area contributed by atoms with Gasteiger partial charge in [0.1, 0.15) is 6.10 Å². The average Bonchev–Trinajstić information content (AvgIpc) is 3.18. The van der Waals surface area contributed by atoms with Crippen molar-refractivity contribution in [1.82, 2.24) is 5.32 Å². The van der Waals surface area contributed by atoms with Crippen LogP contribution in [0.25, 0.3) is 0 Å². The van der Waals surface area contributed by atoms with Crippen molar-refractivity contribution in [3.05, 3.63) is 23.8 Å². The van der Waals surface area contributed by atoms with Gasteiger partial charge >= 0.3 is 5.97 Å². The van der Waals surface area contributed by atoms with Crippen molar-refractivity contribution in [2.45, 2.75) is 57.3 Å². The normalized spacial score (nSPS) is 41.8. The van der Waals surface area contributed by atoms with E-state index in [2.05, 4.69) is 12.2 Å². The minimum absolute atomic E-state index is 0.0220. The molecule has 6 atom stereocenters. The Morgan fingerprint density at radius 3 is 2.93 bits per heavy atom. The van der Waals surface area contributed by atoms with Crippen LogP contribution < -0.4 is 14.8 Å². The molecule has 0 amide bonds. The Balaban J connectivity index is 1.13. The number of esters is 1. The summed E-state index contributed by atoms with van der Waals surface area (Å²) in [7, 11) is 0. The molecule has 4 fully saturated rings. The van der Waals surface area contributed by atoms with Gasteiger partial charge in [-0.15, -0.1) is 0 Å². The summed E-state index contributed by atoms with van der Waals surface area (Å²) in [6.07, 6.45) is 5.79. The molecule has 2 saturated carbocycles. The molecule has 0 unspecified atom stereocenters. The van der Waals surface area contributed by atoms with Gasteiger partial charge in [0.2, 0.25) is 6.79 Å². The smallest absolute Gasteiger partial charge is 0.310 e. The molecule has 1 N–H and O–H groups in total. The third-order valence-corrected chi connectivity index (χ3v) is 8.21. The maximum absolute atomic E-state index is 12.7. The van der Waals surface area contributed by atoms with E-state index in [0.717, 1.165) is 36.5 Å². The van der Waals surface area contributed by atoms with Gasteiger partial charge in [-0.2, -0.15) is 0 Å². The van der Waals surface area contributed by atoms with Gasteiger partial charge in [0.05, 0.1) is 18.1 Å². The first-order chi connectivity index (χ1) is 14.1. The summed E-state index contributed by atoms with van der Waals surface area (Å²) < 4.78 is 22.7. The van der Waals surface area contributed by atoms with Crippen molar-refractivity contribution < 1.29 is 23.7 Å². The molecule has 29 heavy (non-hydrogen) atoms. The van der Waals surface area contributed by atoms with E-state index in [1.54, 1.807) is 0 Å². The van der Waals surface area contributed by atoms with Gasteiger partial charge in [0, 0.05) is 19.0 Å². The van der Waals surface area contributed by atoms with E-state index < -0.39 is 0 Å². The molecule has 1 aromatic rings. The summed E-state index contributed by atoms with van der Waals surface area (Å²) in [5, 5.41) is 3.49. The second kappa shape index (κ2) is 6.35. The second-order valence-corrected chi connectivity index (χ2v) is 9.92. The summed E-state index contributed by atoms with van der Waals surface area (Å²) in [6, 6.07) is 5.99. The van der Waals surface area contributed by atoms with Gasteiger partial charge in [-0.3, -0.25) is 4.79 Å². The maximum atomic E-state index is 12.7. The minimum Gasteiger partial charge on any atom is -0.462 e. The predicted molar refractivity (Wildman–Crippen MR) is 104 cm³/mol. The predicted octanol–water partition coefficient (Wildman–Crippen LogP) is 3.03. The van der Waals surface area contributed by atoms with Crippen molar-refractivity contribution in [2.24, 2.45) is 23.2 Å². The number of carbonyl (C=O) groups excluding carboxylic acids is 1. The molecule has 0 aromatic heterocycles. The van der Waals surface area contributed by atoms with E-state index in [9.17, 15) is 4.79 Å². The zero-order valence-corrected chi connectivity index (χ0v) is 16.9. The van der Waals surface area contributed by atoms with Crippen LogP contribution in [0, 0.1) is 23.2 Å². The highest BCUT2D eigenvalue weighted by atomic mass is 16.7. The Kier molecular flexibility index (Phi) is 3.95. The summed E-state index contributed by atoms with van der Waals surface area (Å²) in [6.45, 7) is 4.95. The van der Waals surface area contributed by atoms with Crippen molar-refractivity contribution in [3.63, 3.8) is 0 Å². The van der Waals surface area contributed by atoms with Crippen molar-refractivity contribution in [3.8, 4) is 11.5 Å². The summed E-state index contributed by atoms with van der Waals surface area (Å²) in [5.41, 5.74) is 1.49. The molecule has 5 aliphatic rings. The lowest BCUT2D eigenvalue weighted by molar-refractivity contribution is -0.147. The Hall–Kier alpha value is -1.79. The standard InChI is InChI=1S/C23H29NO5/c1-22-5-2-6-23(12-28-23)20(22)8-15-16(21(25)29-19(15)9-22)11-24-10-14-3-4-17-18(7-14)27-13-26-17/h3-4,7,15-16,19-20,24H,2,5-6,8-13H2,1H3/t15-,16-,19-,20-,22-,23+/m1/s1. The molecule has 6 nitrogen and oxygen atoms in total. The third kappa shape index (κ3) is 2.87. The largest absolute Gasteiger partial charge is 0.462 e. The number of epoxide rings is 1. The van der Waals surface area contributed by atoms with Crippen LogP contribution in [0.4, 0.5) is 0 Å². The highest BCUT2D eigenvalue weighted by Gasteiger charge is 2.64.